The minimum absolute atomic E-state index is 0.0705. The zero-order valence-electron chi connectivity index (χ0n) is 20.8. The third-order valence-electron chi connectivity index (χ3n) is 6.24. The second-order valence-corrected chi connectivity index (χ2v) is 9.28. The van der Waals surface area contributed by atoms with Gasteiger partial charge >= 0.3 is 0 Å². The smallest absolute Gasteiger partial charge is 0.224 e. The monoisotopic (exact) mass is 475 g/mol. The molecule has 0 aliphatic carbocycles. The van der Waals surface area contributed by atoms with Gasteiger partial charge in [-0.3, -0.25) is 14.9 Å². The van der Waals surface area contributed by atoms with Crippen molar-refractivity contribution >= 4 is 11.7 Å². The lowest BCUT2D eigenvalue weighted by Gasteiger charge is -2.22. The minimum atomic E-state index is -0.646. The lowest BCUT2D eigenvalue weighted by atomic mass is 9.96. The molecule has 184 valence electrons. The number of ether oxygens (including phenoxy) is 1. The lowest BCUT2D eigenvalue weighted by Crippen LogP contribution is -2.38. The van der Waals surface area contributed by atoms with Gasteiger partial charge in [0.25, 0.3) is 0 Å². The average Bonchev–Trinajstić information content (AvgIpc) is 3.39. The number of hydrogen-bond acceptors (Lipinski definition) is 6. The molecule has 2 atom stereocenters. The van der Waals surface area contributed by atoms with Crippen LogP contribution in [0.5, 0.6) is 5.75 Å². The van der Waals surface area contributed by atoms with Crippen LogP contribution in [0.4, 0.5) is 0 Å². The number of aromatic nitrogens is 2. The molecule has 2 heterocycles. The van der Waals surface area contributed by atoms with Crippen molar-refractivity contribution in [2.75, 3.05) is 40.8 Å². The van der Waals surface area contributed by atoms with E-state index in [2.05, 4.69) is 15.2 Å². The van der Waals surface area contributed by atoms with Crippen molar-refractivity contribution < 1.29 is 14.3 Å². The molecule has 0 bridgehead atoms. The molecule has 1 amide bonds. The number of carbonyl (C=O) groups is 2. The molecule has 35 heavy (non-hydrogen) atoms. The molecule has 0 saturated carbocycles. The van der Waals surface area contributed by atoms with E-state index in [1.165, 1.54) is 0 Å². The highest BCUT2D eigenvalue weighted by Crippen LogP contribution is 2.29. The van der Waals surface area contributed by atoms with Gasteiger partial charge in [0, 0.05) is 45.2 Å². The molecule has 3 aromatic rings. The molecule has 2 aromatic carbocycles. The molecule has 0 spiro atoms. The van der Waals surface area contributed by atoms with Crippen LogP contribution < -0.4 is 10.1 Å². The molecule has 1 aliphatic heterocycles. The quantitative estimate of drug-likeness (QED) is 0.455. The highest BCUT2D eigenvalue weighted by molar-refractivity contribution is 6.03. The number of nitrogens with one attached hydrogen (secondary N) is 1. The first-order chi connectivity index (χ1) is 16.8. The van der Waals surface area contributed by atoms with Crippen LogP contribution in [0.25, 0.3) is 11.3 Å². The Kier molecular flexibility index (Phi) is 7.63. The van der Waals surface area contributed by atoms with Crippen LogP contribution in [0.2, 0.25) is 0 Å². The van der Waals surface area contributed by atoms with Gasteiger partial charge in [-0.15, -0.1) is 0 Å². The number of rotatable bonds is 10. The number of likely N-dealkylation sites (tertiary alicyclic amines) is 1. The lowest BCUT2D eigenvalue weighted by molar-refractivity contribution is -0.126. The second-order valence-electron chi connectivity index (χ2n) is 9.28. The fourth-order valence-electron chi connectivity index (χ4n) is 4.32. The number of Topliss-reactive ketones (excluding diaryl/α,β-unsaturated/α-hetero) is 1. The van der Waals surface area contributed by atoms with Gasteiger partial charge in [-0.2, -0.15) is 0 Å². The normalized spacial score (nSPS) is 16.7. The Labute approximate surface area is 206 Å². The van der Waals surface area contributed by atoms with Crippen molar-refractivity contribution in [3.05, 3.63) is 72.2 Å². The third-order valence-corrected chi connectivity index (χ3v) is 6.24. The number of carbonyl (C=O) groups excluding carboxylic acids is 2. The largest absolute Gasteiger partial charge is 0.492 e. The first-order valence-corrected chi connectivity index (χ1v) is 11.8. The zero-order valence-corrected chi connectivity index (χ0v) is 20.8. The summed E-state index contributed by atoms with van der Waals surface area (Å²) >= 11 is 0. The Balaban J connectivity index is 1.63. The van der Waals surface area contributed by atoms with Gasteiger partial charge in [-0.1, -0.05) is 42.5 Å². The third kappa shape index (κ3) is 5.78. The number of likely N-dealkylation sites (N-methyl/N-ethyl adjacent to an activating group) is 2. The van der Waals surface area contributed by atoms with E-state index in [1.54, 1.807) is 18.3 Å². The van der Waals surface area contributed by atoms with Gasteiger partial charge in [0.15, 0.2) is 0 Å². The van der Waals surface area contributed by atoms with Crippen LogP contribution in [-0.4, -0.2) is 77.9 Å². The number of aryl methyl sites for hydroxylation is 1. The topological polar surface area (TPSA) is 79.7 Å². The van der Waals surface area contributed by atoms with Crippen LogP contribution in [0.15, 0.2) is 60.9 Å². The van der Waals surface area contributed by atoms with E-state index in [9.17, 15) is 9.59 Å². The summed E-state index contributed by atoms with van der Waals surface area (Å²) in [4.78, 5) is 34.3. The summed E-state index contributed by atoms with van der Waals surface area (Å²) in [6, 6.07) is 16.6. The van der Waals surface area contributed by atoms with Gasteiger partial charge in [-0.05, 0) is 31.8 Å². The molecule has 1 aliphatic rings. The van der Waals surface area contributed by atoms with E-state index < -0.39 is 6.04 Å². The fraction of sp³-hybridized carbons (Fsp3) is 0.370. The predicted molar refractivity (Wildman–Crippen MR) is 135 cm³/mol. The van der Waals surface area contributed by atoms with Crippen LogP contribution in [0.3, 0.4) is 0 Å². The number of benzene rings is 2. The molecular formula is C27H33N5O3. The SMILES string of the molecule is CN(C)CCOc1ccc(C(NC2CC(=O)N(C)C2)C(=O)c2ncn(C)c2-c2ccccc2)cc1. The van der Waals surface area contributed by atoms with E-state index in [-0.39, 0.29) is 17.7 Å². The van der Waals surface area contributed by atoms with Crippen LogP contribution >= 0.6 is 0 Å². The Bertz CT molecular complexity index is 1160. The Morgan fingerprint density at radius 3 is 2.49 bits per heavy atom. The zero-order chi connectivity index (χ0) is 24.9. The first-order valence-electron chi connectivity index (χ1n) is 11.8. The fourth-order valence-corrected chi connectivity index (χ4v) is 4.32. The van der Waals surface area contributed by atoms with E-state index in [0.29, 0.717) is 25.3 Å². The summed E-state index contributed by atoms with van der Waals surface area (Å²) in [5.41, 5.74) is 2.91. The number of hydrogen-bond donors (Lipinski definition) is 1. The van der Waals surface area contributed by atoms with E-state index in [0.717, 1.165) is 29.1 Å². The Morgan fingerprint density at radius 2 is 1.86 bits per heavy atom. The van der Waals surface area contributed by atoms with E-state index in [1.807, 2.05) is 80.3 Å². The molecule has 8 heteroatoms. The van der Waals surface area contributed by atoms with E-state index >= 15 is 0 Å². The molecule has 1 N–H and O–H groups in total. The summed E-state index contributed by atoms with van der Waals surface area (Å²) in [6.45, 7) is 1.95. The molecule has 1 fully saturated rings. The highest BCUT2D eigenvalue weighted by Gasteiger charge is 2.33. The van der Waals surface area contributed by atoms with Crippen molar-refractivity contribution in [3.8, 4) is 17.0 Å². The minimum Gasteiger partial charge on any atom is -0.492 e. The van der Waals surface area contributed by atoms with Crippen LogP contribution in [-0.2, 0) is 11.8 Å². The first kappa shape index (κ1) is 24.6. The maximum absolute atomic E-state index is 14.0. The van der Waals surface area contributed by atoms with Crippen LogP contribution in [0, 0.1) is 0 Å². The number of ketones is 1. The molecule has 8 nitrogen and oxygen atoms in total. The standard InChI is InChI=1S/C27H33N5O3/c1-30(2)14-15-35-22-12-10-19(11-13-22)24(29-21-16-23(33)31(3)17-21)27(34)25-26(32(4)18-28-25)20-8-6-5-7-9-20/h5-13,18,21,24,29H,14-17H2,1-4H3. The van der Waals surface area contributed by atoms with Crippen molar-refractivity contribution in [2.24, 2.45) is 7.05 Å². The van der Waals surface area contributed by atoms with Crippen LogP contribution in [0.1, 0.15) is 28.5 Å². The maximum Gasteiger partial charge on any atom is 0.224 e. The summed E-state index contributed by atoms with van der Waals surface area (Å²) in [5, 5.41) is 3.45. The van der Waals surface area contributed by atoms with Gasteiger partial charge in [-0.25, -0.2) is 4.98 Å². The van der Waals surface area contributed by atoms with Crippen molar-refractivity contribution in [1.82, 2.24) is 24.7 Å². The summed E-state index contributed by atoms with van der Waals surface area (Å²) < 4.78 is 7.69. The molecular weight excluding hydrogens is 442 g/mol. The van der Waals surface area contributed by atoms with E-state index in [4.69, 9.17) is 4.74 Å². The summed E-state index contributed by atoms with van der Waals surface area (Å²) in [5.74, 6) is 0.689. The number of nitrogens with zero attached hydrogens (tertiary/aromatic N) is 4. The van der Waals surface area contributed by atoms with Gasteiger partial charge in [0.05, 0.1) is 18.1 Å². The van der Waals surface area contributed by atoms with Gasteiger partial charge in [0.2, 0.25) is 11.7 Å². The van der Waals surface area contributed by atoms with Gasteiger partial charge in [0.1, 0.15) is 18.1 Å². The Hall–Kier alpha value is -3.49. The van der Waals surface area contributed by atoms with Gasteiger partial charge < -0.3 is 19.1 Å². The maximum atomic E-state index is 14.0. The summed E-state index contributed by atoms with van der Waals surface area (Å²) in [6.07, 6.45) is 2.03. The predicted octanol–water partition coefficient (Wildman–Crippen LogP) is 2.77. The molecule has 0 radical (unpaired) electrons. The average molecular weight is 476 g/mol. The van der Waals surface area contributed by atoms with Crippen molar-refractivity contribution in [2.45, 2.75) is 18.5 Å². The highest BCUT2D eigenvalue weighted by atomic mass is 16.5. The Morgan fingerprint density at radius 1 is 1.14 bits per heavy atom. The van der Waals surface area contributed by atoms with Crippen molar-refractivity contribution in [3.63, 3.8) is 0 Å². The second kappa shape index (κ2) is 10.8. The molecule has 2 unspecified atom stereocenters. The molecule has 4 rings (SSSR count). The summed E-state index contributed by atoms with van der Waals surface area (Å²) in [7, 11) is 7.67. The number of imidazole rings is 1. The molecule has 1 saturated heterocycles. The number of amides is 1. The van der Waals surface area contributed by atoms with Crippen molar-refractivity contribution in [1.29, 1.82) is 0 Å². The molecule has 1 aromatic heterocycles.